The zero-order chi connectivity index (χ0) is 26.0. The number of alkyl halides is 3. The summed E-state index contributed by atoms with van der Waals surface area (Å²) in [5.74, 6) is -1.23. The van der Waals surface area contributed by atoms with Crippen molar-refractivity contribution in [3.63, 3.8) is 0 Å². The van der Waals surface area contributed by atoms with Crippen LogP contribution in [-0.2, 0) is 30.4 Å². The fraction of sp³-hybridized carbons (Fsp3) is 0.345. The number of benzene rings is 3. The van der Waals surface area contributed by atoms with Crippen molar-refractivity contribution in [3.05, 3.63) is 101 Å². The van der Waals surface area contributed by atoms with Gasteiger partial charge in [0.1, 0.15) is 5.82 Å². The maximum Gasteiger partial charge on any atom is 0.416 e. The first-order valence-electron chi connectivity index (χ1n) is 12.5. The van der Waals surface area contributed by atoms with Crippen LogP contribution in [-0.4, -0.2) is 43.0 Å². The Morgan fingerprint density at radius 3 is 2.49 bits per heavy atom. The molecule has 2 aliphatic rings. The molecule has 0 aliphatic carbocycles. The molecular weight excluding hydrogens is 482 g/mol. The molecule has 0 spiro atoms. The Balaban J connectivity index is 1.37. The Labute approximate surface area is 213 Å². The molecule has 1 N–H and O–H groups in total. The number of piperazine rings is 1. The largest absolute Gasteiger partial charge is 0.416 e. The zero-order valence-corrected chi connectivity index (χ0v) is 20.3. The van der Waals surface area contributed by atoms with Gasteiger partial charge in [0.15, 0.2) is 0 Å². The quantitative estimate of drug-likeness (QED) is 0.470. The van der Waals surface area contributed by atoms with Gasteiger partial charge in [-0.25, -0.2) is 4.39 Å². The second-order valence-corrected chi connectivity index (χ2v) is 9.76. The lowest BCUT2D eigenvalue weighted by Gasteiger charge is -2.49. The Kier molecular flexibility index (Phi) is 7.20. The van der Waals surface area contributed by atoms with E-state index in [-0.39, 0.29) is 24.9 Å². The number of carbonyl (C=O) groups excluding carboxylic acids is 1. The van der Waals surface area contributed by atoms with E-state index in [1.165, 1.54) is 23.8 Å². The molecular formula is C29H29F4N3O. The molecule has 2 heterocycles. The number of halogens is 4. The van der Waals surface area contributed by atoms with Gasteiger partial charge in [-0.2, -0.15) is 13.2 Å². The fourth-order valence-electron chi connectivity index (χ4n) is 5.45. The highest BCUT2D eigenvalue weighted by Crippen LogP contribution is 2.39. The summed E-state index contributed by atoms with van der Waals surface area (Å²) in [4.78, 5) is 17.8. The van der Waals surface area contributed by atoms with Crippen molar-refractivity contribution in [2.24, 2.45) is 5.92 Å². The highest BCUT2D eigenvalue weighted by Gasteiger charge is 2.42. The van der Waals surface area contributed by atoms with E-state index in [1.807, 2.05) is 18.2 Å². The molecule has 0 aromatic heterocycles. The molecule has 0 radical (unpaired) electrons. The number of nitrogens with one attached hydrogen (secondary N) is 1. The summed E-state index contributed by atoms with van der Waals surface area (Å²) in [5.41, 5.74) is 2.18. The molecule has 194 valence electrons. The number of fused-ring (bicyclic) bond motifs is 3. The summed E-state index contributed by atoms with van der Waals surface area (Å²) in [6.07, 6.45) is -3.37. The van der Waals surface area contributed by atoms with Crippen LogP contribution in [0.1, 0.15) is 22.3 Å². The molecule has 1 amide bonds. The first-order chi connectivity index (χ1) is 17.8. The molecule has 1 fully saturated rings. The summed E-state index contributed by atoms with van der Waals surface area (Å²) in [5, 5.41) is 2.84. The van der Waals surface area contributed by atoms with Gasteiger partial charge in [-0.3, -0.25) is 9.69 Å². The minimum Gasteiger partial charge on any atom is -0.365 e. The number of hydrogen-bond acceptors (Lipinski definition) is 3. The number of anilines is 1. The van der Waals surface area contributed by atoms with Crippen molar-refractivity contribution in [1.82, 2.24) is 10.2 Å². The predicted molar refractivity (Wildman–Crippen MR) is 135 cm³/mol. The van der Waals surface area contributed by atoms with Crippen LogP contribution in [0.15, 0.2) is 72.8 Å². The van der Waals surface area contributed by atoms with E-state index < -0.39 is 23.5 Å². The van der Waals surface area contributed by atoms with Crippen LogP contribution in [0.3, 0.4) is 0 Å². The Bertz CT molecular complexity index is 1250. The van der Waals surface area contributed by atoms with Crippen LogP contribution in [0.5, 0.6) is 0 Å². The van der Waals surface area contributed by atoms with Crippen molar-refractivity contribution in [2.45, 2.75) is 31.6 Å². The van der Waals surface area contributed by atoms with E-state index in [1.54, 1.807) is 18.2 Å². The molecule has 0 unspecified atom stereocenters. The van der Waals surface area contributed by atoms with E-state index >= 15 is 0 Å². The molecule has 37 heavy (non-hydrogen) atoms. The average molecular weight is 512 g/mol. The van der Waals surface area contributed by atoms with Crippen LogP contribution in [0.2, 0.25) is 0 Å². The van der Waals surface area contributed by atoms with Gasteiger partial charge < -0.3 is 10.2 Å². The number of nitrogens with zero attached hydrogens (tertiary/aromatic N) is 2. The molecule has 2 aliphatic heterocycles. The Hall–Kier alpha value is -3.39. The number of amides is 1. The molecule has 1 saturated heterocycles. The van der Waals surface area contributed by atoms with E-state index in [2.05, 4.69) is 27.2 Å². The highest BCUT2D eigenvalue weighted by atomic mass is 19.4. The lowest BCUT2D eigenvalue weighted by atomic mass is 9.82. The SMILES string of the molecule is O=C(NCc1ccccc1F)[C@H]1Cc2cc(C(F)(F)F)ccc2N2CCN(CCc3ccccc3)C[C@H]12. The van der Waals surface area contributed by atoms with Gasteiger partial charge in [-0.1, -0.05) is 48.5 Å². The Morgan fingerprint density at radius 2 is 1.73 bits per heavy atom. The van der Waals surface area contributed by atoms with Crippen LogP contribution < -0.4 is 10.2 Å². The van der Waals surface area contributed by atoms with E-state index in [0.29, 0.717) is 24.2 Å². The number of rotatable bonds is 6. The molecule has 2 atom stereocenters. The summed E-state index contributed by atoms with van der Waals surface area (Å²) in [7, 11) is 0. The van der Waals surface area contributed by atoms with Crippen LogP contribution in [0.25, 0.3) is 0 Å². The van der Waals surface area contributed by atoms with E-state index in [4.69, 9.17) is 0 Å². The average Bonchev–Trinajstić information content (AvgIpc) is 2.90. The van der Waals surface area contributed by atoms with Crippen molar-refractivity contribution < 1.29 is 22.4 Å². The minimum atomic E-state index is -4.45. The molecule has 8 heteroatoms. The summed E-state index contributed by atoms with van der Waals surface area (Å²) >= 11 is 0. The summed E-state index contributed by atoms with van der Waals surface area (Å²) < 4.78 is 54.4. The Morgan fingerprint density at radius 1 is 0.973 bits per heavy atom. The predicted octanol–water partition coefficient (Wildman–Crippen LogP) is 5.07. The van der Waals surface area contributed by atoms with Gasteiger partial charge in [0.2, 0.25) is 5.91 Å². The highest BCUT2D eigenvalue weighted by molar-refractivity contribution is 5.82. The van der Waals surface area contributed by atoms with Gasteiger partial charge in [0, 0.05) is 44.0 Å². The monoisotopic (exact) mass is 511 g/mol. The molecule has 3 aromatic rings. The standard InChI is InChI=1S/C29H29F4N3O/c30-25-9-5-4-8-21(25)18-34-28(37)24-17-22-16-23(29(31,32)33)10-11-26(22)36-15-14-35(19-27(24)36)13-12-20-6-2-1-3-7-20/h1-11,16,24,27H,12-15,17-19H2,(H,34,37)/t24-,27+/m0/s1. The van der Waals surface area contributed by atoms with Crippen LogP contribution >= 0.6 is 0 Å². The van der Waals surface area contributed by atoms with Gasteiger partial charge in [0.25, 0.3) is 0 Å². The van der Waals surface area contributed by atoms with Crippen molar-refractivity contribution in [1.29, 1.82) is 0 Å². The summed E-state index contributed by atoms with van der Waals surface area (Å²) in [6.45, 7) is 2.87. The summed E-state index contributed by atoms with van der Waals surface area (Å²) in [6, 6.07) is 20.1. The first-order valence-corrected chi connectivity index (χ1v) is 12.5. The van der Waals surface area contributed by atoms with Crippen molar-refractivity contribution >= 4 is 11.6 Å². The lowest BCUT2D eigenvalue weighted by molar-refractivity contribution is -0.137. The lowest BCUT2D eigenvalue weighted by Crippen LogP contribution is -2.61. The fourth-order valence-corrected chi connectivity index (χ4v) is 5.45. The van der Waals surface area contributed by atoms with Gasteiger partial charge in [-0.15, -0.1) is 0 Å². The molecule has 5 rings (SSSR count). The molecule has 0 bridgehead atoms. The second kappa shape index (κ2) is 10.5. The van der Waals surface area contributed by atoms with Gasteiger partial charge in [-0.05, 0) is 48.2 Å². The maximum absolute atomic E-state index is 14.1. The first kappa shape index (κ1) is 25.3. The third-order valence-corrected chi connectivity index (χ3v) is 7.43. The smallest absolute Gasteiger partial charge is 0.365 e. The van der Waals surface area contributed by atoms with Crippen molar-refractivity contribution in [2.75, 3.05) is 31.1 Å². The number of carbonyl (C=O) groups is 1. The van der Waals surface area contributed by atoms with Crippen LogP contribution in [0.4, 0.5) is 23.2 Å². The van der Waals surface area contributed by atoms with Crippen molar-refractivity contribution in [3.8, 4) is 0 Å². The second-order valence-electron chi connectivity index (χ2n) is 9.76. The van der Waals surface area contributed by atoms with E-state index in [0.717, 1.165) is 31.3 Å². The van der Waals surface area contributed by atoms with Gasteiger partial charge >= 0.3 is 6.18 Å². The maximum atomic E-state index is 14.1. The topological polar surface area (TPSA) is 35.6 Å². The minimum absolute atomic E-state index is 0.0297. The zero-order valence-electron chi connectivity index (χ0n) is 20.3. The van der Waals surface area contributed by atoms with Gasteiger partial charge in [0.05, 0.1) is 17.5 Å². The number of hydrogen-bond donors (Lipinski definition) is 1. The molecule has 3 aromatic carbocycles. The third-order valence-electron chi connectivity index (χ3n) is 7.43. The van der Waals surface area contributed by atoms with Crippen LogP contribution in [0, 0.1) is 11.7 Å². The van der Waals surface area contributed by atoms with E-state index in [9.17, 15) is 22.4 Å². The normalized spacial score (nSPS) is 19.7. The molecule has 0 saturated carbocycles. The molecule has 4 nitrogen and oxygen atoms in total. The third kappa shape index (κ3) is 5.64.